The molecule has 0 amide bonds. The molecule has 1 atom stereocenters. The summed E-state index contributed by atoms with van der Waals surface area (Å²) in [6.07, 6.45) is 5.86. The van der Waals surface area contributed by atoms with E-state index in [2.05, 4.69) is 19.1 Å². The van der Waals surface area contributed by atoms with Crippen LogP contribution in [0.2, 0.25) is 0 Å². The molecule has 0 spiro atoms. The van der Waals surface area contributed by atoms with Crippen molar-refractivity contribution in [1.82, 2.24) is 0 Å². The lowest BCUT2D eigenvalue weighted by Gasteiger charge is -2.13. The van der Waals surface area contributed by atoms with Gasteiger partial charge < -0.3 is 9.84 Å². The molecule has 0 aromatic heterocycles. The van der Waals surface area contributed by atoms with Gasteiger partial charge in [0.1, 0.15) is 0 Å². The lowest BCUT2D eigenvalue weighted by atomic mass is 10.2. The van der Waals surface area contributed by atoms with E-state index in [-0.39, 0.29) is 12.7 Å². The molecule has 1 N–H and O–H groups in total. The molecule has 1 rings (SSSR count). The van der Waals surface area contributed by atoms with E-state index in [9.17, 15) is 0 Å². The van der Waals surface area contributed by atoms with Crippen LogP contribution in [0.5, 0.6) is 0 Å². The van der Waals surface area contributed by atoms with Crippen molar-refractivity contribution in [3.63, 3.8) is 0 Å². The maximum Gasteiger partial charge on any atom is 0.0761 e. The van der Waals surface area contributed by atoms with Gasteiger partial charge in [0.2, 0.25) is 0 Å². The minimum atomic E-state index is 0.0783. The zero-order valence-electron chi connectivity index (χ0n) is 9.80. The van der Waals surface area contributed by atoms with Crippen molar-refractivity contribution >= 4 is 0 Å². The number of ether oxygens (including phenoxy) is 1. The highest BCUT2D eigenvalue weighted by molar-refractivity contribution is 5.13. The van der Waals surface area contributed by atoms with Gasteiger partial charge in [0.25, 0.3) is 0 Å². The van der Waals surface area contributed by atoms with E-state index in [0.29, 0.717) is 6.61 Å². The second-order valence-corrected chi connectivity index (χ2v) is 3.73. The van der Waals surface area contributed by atoms with Crippen molar-refractivity contribution in [1.29, 1.82) is 0 Å². The fourth-order valence-electron chi connectivity index (χ4n) is 1.51. The minimum Gasteiger partial charge on any atom is -0.392 e. The zero-order chi connectivity index (χ0) is 11.6. The number of aliphatic hydroxyl groups excluding tert-OH is 1. The van der Waals surface area contributed by atoms with Crippen molar-refractivity contribution in [3.05, 3.63) is 48.0 Å². The molecule has 0 aliphatic carbocycles. The first-order valence-electron chi connectivity index (χ1n) is 5.80. The second kappa shape index (κ2) is 8.08. The Labute approximate surface area is 97.6 Å². The molecule has 0 bridgehead atoms. The zero-order valence-corrected chi connectivity index (χ0v) is 9.80. The molecule has 2 nitrogen and oxygen atoms in total. The summed E-state index contributed by atoms with van der Waals surface area (Å²) in [6, 6.07) is 10.1. The number of rotatable bonds is 7. The van der Waals surface area contributed by atoms with E-state index in [0.717, 1.165) is 12.8 Å². The fraction of sp³-hybridized carbons (Fsp3) is 0.429. The van der Waals surface area contributed by atoms with E-state index >= 15 is 0 Å². The van der Waals surface area contributed by atoms with Crippen LogP contribution < -0.4 is 0 Å². The Kier molecular flexibility index (Phi) is 6.54. The molecule has 0 fully saturated rings. The first-order chi connectivity index (χ1) is 7.86. The van der Waals surface area contributed by atoms with Gasteiger partial charge in [0, 0.05) is 0 Å². The lowest BCUT2D eigenvalue weighted by Crippen LogP contribution is -2.09. The maximum atomic E-state index is 8.73. The molecule has 16 heavy (non-hydrogen) atoms. The molecule has 0 aliphatic rings. The molecule has 88 valence electrons. The molecule has 1 aromatic carbocycles. The SMILES string of the molecule is CCCC(/C=C/CO)OCc1ccccc1. The summed E-state index contributed by atoms with van der Waals surface area (Å²) >= 11 is 0. The Hall–Kier alpha value is -1.12. The summed E-state index contributed by atoms with van der Waals surface area (Å²) in [5.41, 5.74) is 1.18. The molecule has 0 saturated carbocycles. The van der Waals surface area contributed by atoms with Gasteiger partial charge in [-0.15, -0.1) is 0 Å². The molecule has 0 saturated heterocycles. The van der Waals surface area contributed by atoms with Gasteiger partial charge in [-0.05, 0) is 12.0 Å². The summed E-state index contributed by atoms with van der Waals surface area (Å²) < 4.78 is 5.77. The summed E-state index contributed by atoms with van der Waals surface area (Å²) in [7, 11) is 0. The van der Waals surface area contributed by atoms with E-state index in [4.69, 9.17) is 9.84 Å². The Balaban J connectivity index is 2.40. The number of hydrogen-bond donors (Lipinski definition) is 1. The summed E-state index contributed by atoms with van der Waals surface area (Å²) in [5, 5.41) is 8.73. The smallest absolute Gasteiger partial charge is 0.0761 e. The molecule has 1 aromatic rings. The highest BCUT2D eigenvalue weighted by Crippen LogP contribution is 2.08. The second-order valence-electron chi connectivity index (χ2n) is 3.73. The summed E-state index contributed by atoms with van der Waals surface area (Å²) in [6.45, 7) is 2.84. The minimum absolute atomic E-state index is 0.0783. The van der Waals surface area contributed by atoms with Crippen LogP contribution in [0, 0.1) is 0 Å². The molecule has 0 radical (unpaired) electrons. The average Bonchev–Trinajstić information content (AvgIpc) is 2.34. The topological polar surface area (TPSA) is 29.5 Å². The third-order valence-electron chi connectivity index (χ3n) is 2.34. The van der Waals surface area contributed by atoms with E-state index < -0.39 is 0 Å². The van der Waals surface area contributed by atoms with Gasteiger partial charge in [0.15, 0.2) is 0 Å². The van der Waals surface area contributed by atoms with E-state index in [1.807, 2.05) is 24.3 Å². The van der Waals surface area contributed by atoms with Gasteiger partial charge >= 0.3 is 0 Å². The van der Waals surface area contributed by atoms with Gasteiger partial charge in [0.05, 0.1) is 19.3 Å². The normalized spacial score (nSPS) is 13.1. The van der Waals surface area contributed by atoms with Gasteiger partial charge in [-0.3, -0.25) is 0 Å². The van der Waals surface area contributed by atoms with Crippen LogP contribution in [0.3, 0.4) is 0 Å². The van der Waals surface area contributed by atoms with Crippen molar-refractivity contribution in [2.75, 3.05) is 6.61 Å². The Morgan fingerprint density at radius 2 is 2.06 bits per heavy atom. The Bertz CT molecular complexity index is 293. The standard InChI is InChI=1S/C14H20O2/c1-2-7-14(10-6-11-15)16-12-13-8-4-3-5-9-13/h3-6,8-10,14-15H,2,7,11-12H2,1H3/b10-6+. The predicted molar refractivity (Wildman–Crippen MR) is 66.2 cm³/mol. The number of hydrogen-bond acceptors (Lipinski definition) is 2. The van der Waals surface area contributed by atoms with E-state index in [1.54, 1.807) is 6.08 Å². The fourth-order valence-corrected chi connectivity index (χ4v) is 1.51. The number of aliphatic hydroxyl groups is 1. The summed E-state index contributed by atoms with van der Waals surface area (Å²) in [4.78, 5) is 0. The van der Waals surface area contributed by atoms with Gasteiger partial charge in [-0.1, -0.05) is 55.8 Å². The highest BCUT2D eigenvalue weighted by atomic mass is 16.5. The quantitative estimate of drug-likeness (QED) is 0.716. The van der Waals surface area contributed by atoms with Crippen molar-refractivity contribution in [2.24, 2.45) is 0 Å². The Morgan fingerprint density at radius 3 is 2.69 bits per heavy atom. The average molecular weight is 220 g/mol. The van der Waals surface area contributed by atoms with Gasteiger partial charge in [-0.25, -0.2) is 0 Å². The molecule has 0 aliphatic heterocycles. The largest absolute Gasteiger partial charge is 0.392 e. The molecule has 1 unspecified atom stereocenters. The number of benzene rings is 1. The predicted octanol–water partition coefficient (Wildman–Crippen LogP) is 2.92. The van der Waals surface area contributed by atoms with Crippen LogP contribution in [0.15, 0.2) is 42.5 Å². The van der Waals surface area contributed by atoms with Crippen LogP contribution in [0.25, 0.3) is 0 Å². The molecular formula is C14H20O2. The first kappa shape index (κ1) is 12.9. The molecular weight excluding hydrogens is 200 g/mol. The maximum absolute atomic E-state index is 8.73. The molecule has 0 heterocycles. The van der Waals surface area contributed by atoms with Crippen molar-refractivity contribution in [2.45, 2.75) is 32.5 Å². The van der Waals surface area contributed by atoms with Crippen LogP contribution in [-0.2, 0) is 11.3 Å². The van der Waals surface area contributed by atoms with Crippen LogP contribution in [0.4, 0.5) is 0 Å². The lowest BCUT2D eigenvalue weighted by molar-refractivity contribution is 0.0656. The third kappa shape index (κ3) is 5.10. The van der Waals surface area contributed by atoms with Crippen molar-refractivity contribution < 1.29 is 9.84 Å². The van der Waals surface area contributed by atoms with Crippen LogP contribution in [-0.4, -0.2) is 17.8 Å². The monoisotopic (exact) mass is 220 g/mol. The first-order valence-corrected chi connectivity index (χ1v) is 5.80. The molecule has 2 heteroatoms. The van der Waals surface area contributed by atoms with Crippen molar-refractivity contribution in [3.8, 4) is 0 Å². The van der Waals surface area contributed by atoms with Crippen LogP contribution in [0.1, 0.15) is 25.3 Å². The third-order valence-corrected chi connectivity index (χ3v) is 2.34. The summed E-state index contributed by atoms with van der Waals surface area (Å²) in [5.74, 6) is 0. The van der Waals surface area contributed by atoms with Gasteiger partial charge in [-0.2, -0.15) is 0 Å². The Morgan fingerprint density at radius 1 is 1.31 bits per heavy atom. The van der Waals surface area contributed by atoms with E-state index in [1.165, 1.54) is 5.56 Å². The highest BCUT2D eigenvalue weighted by Gasteiger charge is 2.03. The van der Waals surface area contributed by atoms with Crippen LogP contribution >= 0.6 is 0 Å².